The van der Waals surface area contributed by atoms with E-state index in [1.54, 1.807) is 13.0 Å². The van der Waals surface area contributed by atoms with Crippen molar-refractivity contribution in [1.29, 1.82) is 0 Å². The first kappa shape index (κ1) is 13.1. The zero-order valence-electron chi connectivity index (χ0n) is 9.40. The van der Waals surface area contributed by atoms with Crippen LogP contribution in [0, 0.1) is 6.92 Å². The largest absolute Gasteiger partial charge is 0.469 e. The second kappa shape index (κ2) is 5.39. The van der Waals surface area contributed by atoms with Gasteiger partial charge in [-0.3, -0.25) is 0 Å². The topological polar surface area (TPSA) is 25.2 Å². The molecule has 1 heterocycles. The minimum Gasteiger partial charge on any atom is -0.469 e. The second-order valence-electron chi connectivity index (χ2n) is 3.70. The molecule has 1 atom stereocenters. The SMILES string of the molecule is CCNC(CCC(F)(F)F)c1ccoc1C. The molecule has 0 saturated heterocycles. The Morgan fingerprint density at radius 1 is 1.44 bits per heavy atom. The predicted molar refractivity (Wildman–Crippen MR) is 55.2 cm³/mol. The summed E-state index contributed by atoms with van der Waals surface area (Å²) >= 11 is 0. The van der Waals surface area contributed by atoms with E-state index in [2.05, 4.69) is 5.32 Å². The lowest BCUT2D eigenvalue weighted by Gasteiger charge is -2.18. The molecule has 92 valence electrons. The Morgan fingerprint density at radius 3 is 2.56 bits per heavy atom. The molecule has 1 aromatic heterocycles. The normalized spacial score (nSPS) is 14.1. The lowest BCUT2D eigenvalue weighted by atomic mass is 10.0. The van der Waals surface area contributed by atoms with Gasteiger partial charge in [0, 0.05) is 18.0 Å². The van der Waals surface area contributed by atoms with E-state index in [0.717, 1.165) is 5.56 Å². The monoisotopic (exact) mass is 235 g/mol. The van der Waals surface area contributed by atoms with Crippen LogP contribution in [-0.4, -0.2) is 12.7 Å². The maximum Gasteiger partial charge on any atom is 0.389 e. The molecule has 1 unspecified atom stereocenters. The van der Waals surface area contributed by atoms with Crippen molar-refractivity contribution in [2.45, 2.75) is 38.9 Å². The summed E-state index contributed by atoms with van der Waals surface area (Å²) < 4.78 is 41.5. The van der Waals surface area contributed by atoms with Crippen molar-refractivity contribution in [3.63, 3.8) is 0 Å². The van der Waals surface area contributed by atoms with Crippen LogP contribution in [0.2, 0.25) is 0 Å². The Bertz CT molecular complexity index is 319. The first-order valence-corrected chi connectivity index (χ1v) is 5.28. The fourth-order valence-electron chi connectivity index (χ4n) is 1.68. The third-order valence-electron chi connectivity index (χ3n) is 2.44. The quantitative estimate of drug-likeness (QED) is 0.843. The van der Waals surface area contributed by atoms with Crippen molar-refractivity contribution in [2.75, 3.05) is 6.54 Å². The highest BCUT2D eigenvalue weighted by Crippen LogP contribution is 2.29. The molecule has 2 nitrogen and oxygen atoms in total. The average Bonchev–Trinajstić information content (AvgIpc) is 2.57. The number of hydrogen-bond donors (Lipinski definition) is 1. The summed E-state index contributed by atoms with van der Waals surface area (Å²) in [6, 6.07) is 1.43. The van der Waals surface area contributed by atoms with Crippen LogP contribution in [0.15, 0.2) is 16.7 Å². The molecule has 0 radical (unpaired) electrons. The van der Waals surface area contributed by atoms with Gasteiger partial charge in [-0.1, -0.05) is 6.92 Å². The van der Waals surface area contributed by atoms with E-state index in [1.165, 1.54) is 6.26 Å². The van der Waals surface area contributed by atoms with Gasteiger partial charge in [0.1, 0.15) is 5.76 Å². The van der Waals surface area contributed by atoms with Crippen LogP contribution in [0.25, 0.3) is 0 Å². The minimum atomic E-state index is -4.11. The highest BCUT2D eigenvalue weighted by Gasteiger charge is 2.29. The van der Waals surface area contributed by atoms with E-state index < -0.39 is 12.6 Å². The van der Waals surface area contributed by atoms with E-state index in [9.17, 15) is 13.2 Å². The van der Waals surface area contributed by atoms with Crippen LogP contribution in [-0.2, 0) is 0 Å². The smallest absolute Gasteiger partial charge is 0.389 e. The number of halogens is 3. The number of nitrogens with one attached hydrogen (secondary N) is 1. The fourth-order valence-corrected chi connectivity index (χ4v) is 1.68. The van der Waals surface area contributed by atoms with Gasteiger partial charge in [-0.15, -0.1) is 0 Å². The molecule has 0 aliphatic heterocycles. The van der Waals surface area contributed by atoms with E-state index >= 15 is 0 Å². The standard InChI is InChI=1S/C11H16F3NO/c1-3-15-10(4-6-11(12,13)14)9-5-7-16-8(9)2/h5,7,10,15H,3-4,6H2,1-2H3. The fraction of sp³-hybridized carbons (Fsp3) is 0.636. The van der Waals surface area contributed by atoms with Crippen molar-refractivity contribution >= 4 is 0 Å². The van der Waals surface area contributed by atoms with Crippen LogP contribution in [0.3, 0.4) is 0 Å². The Balaban J connectivity index is 2.65. The summed E-state index contributed by atoms with van der Waals surface area (Å²) in [4.78, 5) is 0. The van der Waals surface area contributed by atoms with E-state index in [-0.39, 0.29) is 12.5 Å². The van der Waals surface area contributed by atoms with Crippen LogP contribution in [0.4, 0.5) is 13.2 Å². The minimum absolute atomic E-state index is 0.0394. The molecule has 0 aromatic carbocycles. The third-order valence-corrected chi connectivity index (χ3v) is 2.44. The van der Waals surface area contributed by atoms with Crippen LogP contribution >= 0.6 is 0 Å². The van der Waals surface area contributed by atoms with Crippen LogP contribution in [0.5, 0.6) is 0 Å². The number of aryl methyl sites for hydroxylation is 1. The lowest BCUT2D eigenvalue weighted by Crippen LogP contribution is -2.23. The van der Waals surface area contributed by atoms with Gasteiger partial charge in [-0.25, -0.2) is 0 Å². The molecule has 1 rings (SSSR count). The van der Waals surface area contributed by atoms with Gasteiger partial charge in [-0.2, -0.15) is 13.2 Å². The molecular weight excluding hydrogens is 219 g/mol. The van der Waals surface area contributed by atoms with Crippen LogP contribution in [0.1, 0.15) is 37.1 Å². The Hall–Kier alpha value is -0.970. The molecule has 0 spiro atoms. The zero-order chi connectivity index (χ0) is 12.2. The molecule has 0 saturated carbocycles. The van der Waals surface area contributed by atoms with Crippen LogP contribution < -0.4 is 5.32 Å². The Morgan fingerprint density at radius 2 is 2.12 bits per heavy atom. The van der Waals surface area contributed by atoms with Gasteiger partial charge in [0.25, 0.3) is 0 Å². The molecule has 1 aromatic rings. The van der Waals surface area contributed by atoms with Crippen molar-refractivity contribution in [3.05, 3.63) is 23.7 Å². The third kappa shape index (κ3) is 3.89. The maximum absolute atomic E-state index is 12.1. The number of alkyl halides is 3. The molecule has 16 heavy (non-hydrogen) atoms. The summed E-state index contributed by atoms with van der Waals surface area (Å²) in [5.41, 5.74) is 0.811. The van der Waals surface area contributed by atoms with Crippen molar-refractivity contribution in [1.82, 2.24) is 5.32 Å². The Kier molecular flexibility index (Phi) is 4.41. The number of furan rings is 1. The molecule has 5 heteroatoms. The summed E-state index contributed by atoms with van der Waals surface area (Å²) in [6.07, 6.45) is -3.35. The summed E-state index contributed by atoms with van der Waals surface area (Å²) in [5.74, 6) is 0.674. The highest BCUT2D eigenvalue weighted by molar-refractivity contribution is 5.20. The number of hydrogen-bond acceptors (Lipinski definition) is 2. The molecule has 0 bridgehead atoms. The zero-order valence-corrected chi connectivity index (χ0v) is 9.40. The summed E-state index contributed by atoms with van der Waals surface area (Å²) in [5, 5.41) is 3.04. The van der Waals surface area contributed by atoms with Gasteiger partial charge in [0.05, 0.1) is 6.26 Å². The summed E-state index contributed by atoms with van der Waals surface area (Å²) in [7, 11) is 0. The molecule has 0 fully saturated rings. The van der Waals surface area contributed by atoms with Gasteiger partial charge < -0.3 is 9.73 Å². The lowest BCUT2D eigenvalue weighted by molar-refractivity contribution is -0.136. The van der Waals surface area contributed by atoms with E-state index in [0.29, 0.717) is 12.3 Å². The van der Waals surface area contributed by atoms with Crippen molar-refractivity contribution in [3.8, 4) is 0 Å². The average molecular weight is 235 g/mol. The summed E-state index contributed by atoms with van der Waals surface area (Å²) in [6.45, 7) is 4.26. The molecular formula is C11H16F3NO. The number of rotatable bonds is 5. The van der Waals surface area contributed by atoms with Gasteiger partial charge >= 0.3 is 6.18 Å². The molecule has 0 aliphatic carbocycles. The second-order valence-corrected chi connectivity index (χ2v) is 3.70. The first-order valence-electron chi connectivity index (χ1n) is 5.28. The first-order chi connectivity index (χ1) is 7.44. The Labute approximate surface area is 92.8 Å². The van der Waals surface area contributed by atoms with Crippen molar-refractivity contribution < 1.29 is 17.6 Å². The molecule has 0 aliphatic rings. The predicted octanol–water partition coefficient (Wildman–Crippen LogP) is 3.58. The highest BCUT2D eigenvalue weighted by atomic mass is 19.4. The van der Waals surface area contributed by atoms with Gasteiger partial charge in [0.15, 0.2) is 0 Å². The molecule has 0 amide bonds. The maximum atomic E-state index is 12.1. The van der Waals surface area contributed by atoms with Gasteiger partial charge in [0.2, 0.25) is 0 Å². The van der Waals surface area contributed by atoms with Crippen molar-refractivity contribution in [2.24, 2.45) is 0 Å². The van der Waals surface area contributed by atoms with Gasteiger partial charge in [-0.05, 0) is 26.0 Å². The van der Waals surface area contributed by atoms with E-state index in [4.69, 9.17) is 4.42 Å². The van der Waals surface area contributed by atoms with E-state index in [1.807, 2.05) is 6.92 Å². The molecule has 1 N–H and O–H groups in total.